The van der Waals surface area contributed by atoms with Gasteiger partial charge in [-0.2, -0.15) is 0 Å². The molecule has 2 rings (SSSR count). The van der Waals surface area contributed by atoms with E-state index < -0.39 is 12.0 Å². The van der Waals surface area contributed by atoms with E-state index in [1.807, 2.05) is 6.92 Å². The molecule has 1 atom stereocenters. The van der Waals surface area contributed by atoms with Crippen molar-refractivity contribution in [3.63, 3.8) is 0 Å². The number of hydrogen-bond donors (Lipinski definition) is 1. The van der Waals surface area contributed by atoms with Crippen LogP contribution in [-0.4, -0.2) is 43.6 Å². The van der Waals surface area contributed by atoms with Crippen LogP contribution in [0.4, 0.5) is 5.69 Å². The van der Waals surface area contributed by atoms with Gasteiger partial charge in [0, 0.05) is 0 Å². The summed E-state index contributed by atoms with van der Waals surface area (Å²) in [6, 6.07) is 6.03. The molecule has 1 unspecified atom stereocenters. The summed E-state index contributed by atoms with van der Waals surface area (Å²) in [7, 11) is 0. The summed E-state index contributed by atoms with van der Waals surface area (Å²) in [6.45, 7) is 4.29. The van der Waals surface area contributed by atoms with Crippen molar-refractivity contribution in [3.05, 3.63) is 24.3 Å². The first-order valence-electron chi connectivity index (χ1n) is 7.55. The number of amides is 2. The summed E-state index contributed by atoms with van der Waals surface area (Å²) < 4.78 is 10.1. The van der Waals surface area contributed by atoms with Crippen molar-refractivity contribution in [2.75, 3.05) is 24.7 Å². The third-order valence-corrected chi connectivity index (χ3v) is 3.35. The molecule has 0 spiro atoms. The third-order valence-electron chi connectivity index (χ3n) is 3.35. The molecule has 2 amide bonds. The van der Waals surface area contributed by atoms with Gasteiger partial charge in [-0.25, -0.2) is 4.90 Å². The van der Waals surface area contributed by atoms with Crippen LogP contribution in [0.2, 0.25) is 0 Å². The van der Waals surface area contributed by atoms with E-state index in [4.69, 9.17) is 9.47 Å². The molecular formula is C16H20N2O5. The standard InChI is InChI=1S/C16H20N2O5/c1-3-22-12-7-5-11(6-8-12)18-14(19)9-13(16(18)21)17-10-15(20)23-4-2/h5-8,13,17H,3-4,9-10H2,1-2H3. The highest BCUT2D eigenvalue weighted by atomic mass is 16.5. The summed E-state index contributed by atoms with van der Waals surface area (Å²) in [6.07, 6.45) is 0.0193. The van der Waals surface area contributed by atoms with Gasteiger partial charge >= 0.3 is 5.97 Å². The summed E-state index contributed by atoms with van der Waals surface area (Å²) >= 11 is 0. The maximum Gasteiger partial charge on any atom is 0.319 e. The monoisotopic (exact) mass is 320 g/mol. The molecule has 1 aliphatic heterocycles. The molecular weight excluding hydrogens is 300 g/mol. The minimum absolute atomic E-state index is 0.0193. The average Bonchev–Trinajstić information content (AvgIpc) is 2.81. The van der Waals surface area contributed by atoms with Gasteiger partial charge < -0.3 is 9.47 Å². The van der Waals surface area contributed by atoms with E-state index in [-0.39, 0.29) is 31.4 Å². The fourth-order valence-electron chi connectivity index (χ4n) is 2.34. The number of benzene rings is 1. The van der Waals surface area contributed by atoms with Crippen LogP contribution < -0.4 is 15.0 Å². The number of nitrogens with zero attached hydrogens (tertiary/aromatic N) is 1. The second-order valence-corrected chi connectivity index (χ2v) is 4.94. The molecule has 7 heteroatoms. The van der Waals surface area contributed by atoms with E-state index in [1.165, 1.54) is 0 Å². The van der Waals surface area contributed by atoms with Gasteiger partial charge in [0.25, 0.3) is 5.91 Å². The first kappa shape index (κ1) is 17.0. The van der Waals surface area contributed by atoms with Gasteiger partial charge in [0.15, 0.2) is 0 Å². The molecule has 0 bridgehead atoms. The van der Waals surface area contributed by atoms with Gasteiger partial charge in [-0.05, 0) is 38.1 Å². The summed E-state index contributed by atoms with van der Waals surface area (Å²) in [5, 5.41) is 2.77. The zero-order valence-corrected chi connectivity index (χ0v) is 13.2. The lowest BCUT2D eigenvalue weighted by atomic mass is 10.2. The number of carbonyl (C=O) groups excluding carboxylic acids is 3. The highest BCUT2D eigenvalue weighted by molar-refractivity contribution is 6.22. The Kier molecular flexibility index (Phi) is 5.70. The number of ether oxygens (including phenoxy) is 2. The van der Waals surface area contributed by atoms with Crippen molar-refractivity contribution in [2.24, 2.45) is 0 Å². The zero-order valence-electron chi connectivity index (χ0n) is 13.2. The van der Waals surface area contributed by atoms with Gasteiger partial charge in [-0.15, -0.1) is 0 Å². The Hall–Kier alpha value is -2.41. The zero-order chi connectivity index (χ0) is 16.8. The van der Waals surface area contributed by atoms with E-state index in [2.05, 4.69) is 5.32 Å². The Balaban J connectivity index is 2.01. The molecule has 1 saturated heterocycles. The number of nitrogens with one attached hydrogen (secondary N) is 1. The second-order valence-electron chi connectivity index (χ2n) is 4.94. The normalized spacial score (nSPS) is 17.5. The van der Waals surface area contributed by atoms with E-state index in [0.717, 1.165) is 4.90 Å². The lowest BCUT2D eigenvalue weighted by Crippen LogP contribution is -2.41. The van der Waals surface area contributed by atoms with E-state index >= 15 is 0 Å². The highest BCUT2D eigenvalue weighted by Gasteiger charge is 2.39. The van der Waals surface area contributed by atoms with Crippen molar-refractivity contribution in [1.29, 1.82) is 0 Å². The van der Waals surface area contributed by atoms with Crippen LogP contribution >= 0.6 is 0 Å². The van der Waals surface area contributed by atoms with E-state index in [1.54, 1.807) is 31.2 Å². The van der Waals surface area contributed by atoms with Crippen molar-refractivity contribution in [3.8, 4) is 5.75 Å². The predicted octanol–water partition coefficient (Wildman–Crippen LogP) is 0.870. The van der Waals surface area contributed by atoms with Crippen LogP contribution in [0.25, 0.3) is 0 Å². The van der Waals surface area contributed by atoms with Crippen LogP contribution in [-0.2, 0) is 19.1 Å². The molecule has 1 N–H and O–H groups in total. The number of hydrogen-bond acceptors (Lipinski definition) is 6. The molecule has 1 fully saturated rings. The van der Waals surface area contributed by atoms with Crippen LogP contribution in [0.5, 0.6) is 5.75 Å². The maximum absolute atomic E-state index is 12.4. The Morgan fingerprint density at radius 1 is 1.22 bits per heavy atom. The molecule has 1 aromatic carbocycles. The molecule has 0 aliphatic carbocycles. The van der Waals surface area contributed by atoms with Crippen LogP contribution in [0.15, 0.2) is 24.3 Å². The molecule has 7 nitrogen and oxygen atoms in total. The first-order chi connectivity index (χ1) is 11.1. The fraction of sp³-hybridized carbons (Fsp3) is 0.438. The third kappa shape index (κ3) is 4.07. The minimum Gasteiger partial charge on any atom is -0.494 e. The molecule has 0 aromatic heterocycles. The Morgan fingerprint density at radius 2 is 1.91 bits per heavy atom. The summed E-state index contributed by atoms with van der Waals surface area (Å²) in [5.74, 6) is -0.455. The number of esters is 1. The molecule has 1 aliphatic rings. The SMILES string of the molecule is CCOC(=O)CNC1CC(=O)N(c2ccc(OCC)cc2)C1=O. The van der Waals surface area contributed by atoms with Gasteiger partial charge in [-0.1, -0.05) is 0 Å². The quantitative estimate of drug-likeness (QED) is 0.593. The van der Waals surface area contributed by atoms with Crippen LogP contribution in [0.1, 0.15) is 20.3 Å². The Bertz CT molecular complexity index is 585. The van der Waals surface area contributed by atoms with Gasteiger partial charge in [0.05, 0.1) is 37.9 Å². The highest BCUT2D eigenvalue weighted by Crippen LogP contribution is 2.25. The van der Waals surface area contributed by atoms with Crippen molar-refractivity contribution >= 4 is 23.5 Å². The number of carbonyl (C=O) groups is 3. The van der Waals surface area contributed by atoms with Crippen LogP contribution in [0, 0.1) is 0 Å². The van der Waals surface area contributed by atoms with Gasteiger partial charge in [0.1, 0.15) is 5.75 Å². The fourth-order valence-corrected chi connectivity index (χ4v) is 2.34. The molecule has 1 heterocycles. The smallest absolute Gasteiger partial charge is 0.319 e. The molecule has 124 valence electrons. The average molecular weight is 320 g/mol. The van der Waals surface area contributed by atoms with E-state index in [9.17, 15) is 14.4 Å². The topological polar surface area (TPSA) is 84.9 Å². The molecule has 0 radical (unpaired) electrons. The van der Waals surface area contributed by atoms with Gasteiger partial charge in [-0.3, -0.25) is 19.7 Å². The van der Waals surface area contributed by atoms with Crippen molar-refractivity contribution in [2.45, 2.75) is 26.3 Å². The number of imide groups is 1. The lowest BCUT2D eigenvalue weighted by Gasteiger charge is -2.16. The molecule has 0 saturated carbocycles. The Labute approximate surface area is 134 Å². The Morgan fingerprint density at radius 3 is 2.52 bits per heavy atom. The van der Waals surface area contributed by atoms with Gasteiger partial charge in [0.2, 0.25) is 5.91 Å². The summed E-state index contributed by atoms with van der Waals surface area (Å²) in [4.78, 5) is 36.9. The largest absolute Gasteiger partial charge is 0.494 e. The van der Waals surface area contributed by atoms with E-state index in [0.29, 0.717) is 18.0 Å². The maximum atomic E-state index is 12.4. The van der Waals surface area contributed by atoms with Crippen molar-refractivity contribution in [1.82, 2.24) is 5.32 Å². The minimum atomic E-state index is -0.710. The second kappa shape index (κ2) is 7.73. The number of anilines is 1. The molecule has 23 heavy (non-hydrogen) atoms. The first-order valence-corrected chi connectivity index (χ1v) is 7.55. The number of rotatable bonds is 7. The van der Waals surface area contributed by atoms with Crippen LogP contribution in [0.3, 0.4) is 0 Å². The lowest BCUT2D eigenvalue weighted by molar-refractivity contribution is -0.142. The summed E-state index contributed by atoms with van der Waals surface area (Å²) in [5.41, 5.74) is 0.490. The molecule has 1 aromatic rings. The van der Waals surface area contributed by atoms with Crippen molar-refractivity contribution < 1.29 is 23.9 Å². The predicted molar refractivity (Wildman–Crippen MR) is 83.1 cm³/mol.